The first-order valence-electron chi connectivity index (χ1n) is 5.42. The van der Waals surface area contributed by atoms with Crippen LogP contribution in [0, 0.1) is 4.77 Å². The first-order valence-corrected chi connectivity index (χ1v) is 5.83. The molecule has 1 aromatic carbocycles. The van der Waals surface area contributed by atoms with Gasteiger partial charge in [0.05, 0.1) is 11.3 Å². The van der Waals surface area contributed by atoms with Crippen molar-refractivity contribution < 1.29 is 18.3 Å². The van der Waals surface area contributed by atoms with E-state index in [1.807, 2.05) is 0 Å². The van der Waals surface area contributed by atoms with E-state index in [2.05, 4.69) is 32.4 Å². The van der Waals surface area contributed by atoms with E-state index in [0.29, 0.717) is 0 Å². The molecule has 3 N–H and O–H groups in total. The van der Waals surface area contributed by atoms with Gasteiger partial charge in [-0.25, -0.2) is 0 Å². The molecule has 6 nitrogen and oxygen atoms in total. The highest BCUT2D eigenvalue weighted by molar-refractivity contribution is 7.71. The average molecular weight is 316 g/mol. The van der Waals surface area contributed by atoms with Crippen molar-refractivity contribution >= 4 is 23.6 Å². The molecule has 2 rings (SSSR count). The Bertz CT molecular complexity index is 810. The number of rotatable bonds is 2. The van der Waals surface area contributed by atoms with Crippen LogP contribution in [0.5, 0.6) is 5.88 Å². The van der Waals surface area contributed by atoms with Crippen molar-refractivity contribution in [2.45, 2.75) is 6.18 Å². The molecule has 0 aliphatic carbocycles. The van der Waals surface area contributed by atoms with Crippen LogP contribution in [0.1, 0.15) is 5.56 Å². The van der Waals surface area contributed by atoms with Crippen molar-refractivity contribution in [2.75, 3.05) is 0 Å². The minimum atomic E-state index is -4.51. The highest BCUT2D eigenvalue weighted by Crippen LogP contribution is 2.32. The summed E-state index contributed by atoms with van der Waals surface area (Å²) in [5.41, 5.74) is -2.32. The number of aromatic nitrogens is 2. The summed E-state index contributed by atoms with van der Waals surface area (Å²) in [5, 5.41) is 16.4. The second-order valence-electron chi connectivity index (χ2n) is 3.85. The van der Waals surface area contributed by atoms with Crippen LogP contribution in [0.2, 0.25) is 0 Å². The fourth-order valence-electron chi connectivity index (χ4n) is 1.41. The third kappa shape index (κ3) is 3.54. The molecule has 1 heterocycles. The highest BCUT2D eigenvalue weighted by Gasteiger charge is 2.30. The van der Waals surface area contributed by atoms with Crippen LogP contribution in [-0.2, 0) is 6.18 Å². The average Bonchev–Trinajstić information content (AvgIpc) is 2.36. The van der Waals surface area contributed by atoms with Gasteiger partial charge in [0.15, 0.2) is 4.77 Å². The molecule has 0 fully saturated rings. The molecule has 0 amide bonds. The van der Waals surface area contributed by atoms with Gasteiger partial charge in [-0.15, -0.1) is 5.11 Å². The quantitative estimate of drug-likeness (QED) is 0.584. The lowest BCUT2D eigenvalue weighted by atomic mass is 10.2. The topological polar surface area (TPSA) is 93.6 Å². The first kappa shape index (κ1) is 14.9. The van der Waals surface area contributed by atoms with Crippen molar-refractivity contribution in [3.8, 4) is 5.88 Å². The van der Waals surface area contributed by atoms with Gasteiger partial charge in [-0.2, -0.15) is 18.3 Å². The van der Waals surface area contributed by atoms with Crippen LogP contribution in [-0.4, -0.2) is 15.1 Å². The van der Waals surface area contributed by atoms with E-state index >= 15 is 0 Å². The van der Waals surface area contributed by atoms with Crippen molar-refractivity contribution in [1.82, 2.24) is 9.97 Å². The van der Waals surface area contributed by atoms with Crippen molar-refractivity contribution in [3.63, 3.8) is 0 Å². The fourth-order valence-corrected chi connectivity index (χ4v) is 1.60. The Hall–Kier alpha value is -2.49. The molecule has 2 aromatic rings. The number of halogens is 3. The maximum Gasteiger partial charge on any atom is 0.416 e. The number of hydrogen-bond donors (Lipinski definition) is 3. The summed E-state index contributed by atoms with van der Waals surface area (Å²) in [7, 11) is 0. The Morgan fingerprint density at radius 3 is 2.52 bits per heavy atom. The smallest absolute Gasteiger partial charge is 0.416 e. The molecule has 21 heavy (non-hydrogen) atoms. The zero-order valence-corrected chi connectivity index (χ0v) is 10.9. The summed E-state index contributed by atoms with van der Waals surface area (Å²) >= 11 is 4.61. The van der Waals surface area contributed by atoms with Gasteiger partial charge in [0.1, 0.15) is 0 Å². The van der Waals surface area contributed by atoms with Gasteiger partial charge in [-0.05, 0) is 30.4 Å². The summed E-state index contributed by atoms with van der Waals surface area (Å²) in [6.45, 7) is 0. The molecule has 0 atom stereocenters. The lowest BCUT2D eigenvalue weighted by Crippen LogP contribution is -2.06. The minimum Gasteiger partial charge on any atom is -0.493 e. The van der Waals surface area contributed by atoms with Gasteiger partial charge in [0, 0.05) is 0 Å². The van der Waals surface area contributed by atoms with Crippen LogP contribution in [0.25, 0.3) is 0 Å². The summed E-state index contributed by atoms with van der Waals surface area (Å²) in [4.78, 5) is 15.9. The predicted octanol–water partition coefficient (Wildman–Crippen LogP) is 3.57. The number of benzene rings is 1. The monoisotopic (exact) mass is 316 g/mol. The second-order valence-corrected chi connectivity index (χ2v) is 4.26. The molecule has 0 unspecified atom stereocenters. The standard InChI is InChI=1S/C11H7F3N4O2S/c12-11(13,14)5-2-1-3-6(4-5)17-18-7-8(19)15-10(21)16-9(7)20/h1-4H,(H3,15,16,19,20,21). The summed E-state index contributed by atoms with van der Waals surface area (Å²) in [6.07, 6.45) is -4.51. The number of alkyl halides is 3. The summed E-state index contributed by atoms with van der Waals surface area (Å²) in [5.74, 6) is -0.625. The number of H-pyrrole nitrogens is 2. The molecule has 0 saturated heterocycles. The second kappa shape index (κ2) is 5.48. The van der Waals surface area contributed by atoms with Gasteiger partial charge in [-0.3, -0.25) is 9.78 Å². The Balaban J connectivity index is 2.39. The largest absolute Gasteiger partial charge is 0.493 e. The predicted molar refractivity (Wildman–Crippen MR) is 69.5 cm³/mol. The lowest BCUT2D eigenvalue weighted by molar-refractivity contribution is -0.137. The van der Waals surface area contributed by atoms with Crippen molar-refractivity contribution in [3.05, 3.63) is 45.0 Å². The number of nitrogens with one attached hydrogen (secondary N) is 2. The Morgan fingerprint density at radius 1 is 1.19 bits per heavy atom. The van der Waals surface area contributed by atoms with E-state index in [-0.39, 0.29) is 10.5 Å². The van der Waals surface area contributed by atoms with Gasteiger partial charge in [0.2, 0.25) is 11.6 Å². The van der Waals surface area contributed by atoms with Crippen LogP contribution in [0.15, 0.2) is 39.3 Å². The van der Waals surface area contributed by atoms with Crippen molar-refractivity contribution in [1.29, 1.82) is 0 Å². The lowest BCUT2D eigenvalue weighted by Gasteiger charge is -2.05. The molecule has 0 bridgehead atoms. The third-order valence-electron chi connectivity index (χ3n) is 2.34. The minimum absolute atomic E-state index is 0.115. The number of hydrogen-bond acceptors (Lipinski definition) is 5. The van der Waals surface area contributed by atoms with Crippen LogP contribution < -0.4 is 5.56 Å². The maximum atomic E-state index is 12.5. The van der Waals surface area contributed by atoms with Gasteiger partial charge in [-0.1, -0.05) is 6.07 Å². The molecule has 0 aliphatic heterocycles. The first-order chi connectivity index (χ1) is 9.77. The van der Waals surface area contributed by atoms with E-state index in [1.54, 1.807) is 0 Å². The Kier molecular flexibility index (Phi) is 3.89. The summed E-state index contributed by atoms with van der Waals surface area (Å²) in [6, 6.07) is 4.07. The van der Waals surface area contributed by atoms with E-state index in [4.69, 9.17) is 0 Å². The molecule has 110 valence electrons. The molecule has 10 heteroatoms. The number of nitrogens with zero attached hydrogens (tertiary/aromatic N) is 2. The molecule has 1 aromatic heterocycles. The number of azo groups is 1. The number of aromatic amines is 2. The zero-order chi connectivity index (χ0) is 15.6. The Labute approximate surface area is 120 Å². The zero-order valence-electron chi connectivity index (χ0n) is 10.1. The fraction of sp³-hybridized carbons (Fsp3) is 0.0909. The van der Waals surface area contributed by atoms with Crippen LogP contribution in [0.3, 0.4) is 0 Å². The molecule has 0 aliphatic rings. The molecular weight excluding hydrogens is 309 g/mol. The maximum absolute atomic E-state index is 12.5. The van der Waals surface area contributed by atoms with E-state index < -0.39 is 28.9 Å². The van der Waals surface area contributed by atoms with Crippen molar-refractivity contribution in [2.24, 2.45) is 10.2 Å². The van der Waals surface area contributed by atoms with E-state index in [9.17, 15) is 23.1 Å². The third-order valence-corrected chi connectivity index (χ3v) is 2.54. The number of aromatic hydroxyl groups is 1. The molecule has 0 radical (unpaired) electrons. The van der Waals surface area contributed by atoms with Gasteiger partial charge in [0.25, 0.3) is 5.56 Å². The Morgan fingerprint density at radius 2 is 1.90 bits per heavy atom. The van der Waals surface area contributed by atoms with Gasteiger partial charge < -0.3 is 10.1 Å². The van der Waals surface area contributed by atoms with E-state index in [0.717, 1.165) is 18.2 Å². The molecule has 0 saturated carbocycles. The summed E-state index contributed by atoms with van der Waals surface area (Å²) < 4.78 is 37.4. The normalized spacial score (nSPS) is 12.0. The van der Waals surface area contributed by atoms with E-state index in [1.165, 1.54) is 6.07 Å². The van der Waals surface area contributed by atoms with Gasteiger partial charge >= 0.3 is 6.18 Å². The van der Waals surface area contributed by atoms with Crippen LogP contribution in [0.4, 0.5) is 24.5 Å². The molecular formula is C11H7F3N4O2S. The SMILES string of the molecule is O=c1[nH]c(=S)[nH]c(O)c1N=Nc1cccc(C(F)(F)F)c1. The molecule has 0 spiro atoms. The highest BCUT2D eigenvalue weighted by atomic mass is 32.1. The van der Waals surface area contributed by atoms with Crippen LogP contribution >= 0.6 is 12.2 Å².